The van der Waals surface area contributed by atoms with E-state index in [1.165, 1.54) is 22.8 Å². The van der Waals surface area contributed by atoms with Gasteiger partial charge in [-0.15, -0.1) is 0 Å². The molecule has 3 heterocycles. The molecule has 6 rings (SSSR count). The van der Waals surface area contributed by atoms with Gasteiger partial charge in [0.2, 0.25) is 11.8 Å². The van der Waals surface area contributed by atoms with Gasteiger partial charge >= 0.3 is 0 Å². The second-order valence-corrected chi connectivity index (χ2v) is 11.6. The zero-order valence-corrected chi connectivity index (χ0v) is 27.0. The van der Waals surface area contributed by atoms with Crippen LogP contribution in [0.4, 0.5) is 5.69 Å². The molecule has 0 spiro atoms. The van der Waals surface area contributed by atoms with Crippen molar-refractivity contribution in [1.82, 2.24) is 14.9 Å². The number of nitrogens with one attached hydrogen (secondary N) is 1. The molecule has 0 fully saturated rings. The molecule has 238 valence electrons. The first-order valence-electron chi connectivity index (χ1n) is 15.4. The zero-order valence-electron chi connectivity index (χ0n) is 26.3. The highest BCUT2D eigenvalue weighted by Crippen LogP contribution is 2.34. The smallest absolute Gasteiger partial charge is 0.248 e. The van der Waals surface area contributed by atoms with Crippen LogP contribution in [0.2, 0.25) is 5.02 Å². The molecule has 0 saturated heterocycles. The maximum absolute atomic E-state index is 12.6. The van der Waals surface area contributed by atoms with E-state index in [0.717, 1.165) is 66.5 Å². The van der Waals surface area contributed by atoms with Gasteiger partial charge in [0, 0.05) is 61.5 Å². The van der Waals surface area contributed by atoms with Crippen molar-refractivity contribution in [3.8, 4) is 34.4 Å². The molecule has 1 N–H and O–H groups in total. The van der Waals surface area contributed by atoms with Gasteiger partial charge in [-0.3, -0.25) is 14.7 Å². The van der Waals surface area contributed by atoms with Gasteiger partial charge in [-0.2, -0.15) is 0 Å². The molecule has 5 aromatic rings. The van der Waals surface area contributed by atoms with E-state index in [-0.39, 0.29) is 5.91 Å². The van der Waals surface area contributed by atoms with Crippen molar-refractivity contribution in [2.45, 2.75) is 19.4 Å². The lowest BCUT2D eigenvalue weighted by atomic mass is 9.98. The van der Waals surface area contributed by atoms with Gasteiger partial charge in [0.25, 0.3) is 0 Å². The highest BCUT2D eigenvalue weighted by Gasteiger charge is 2.19. The fourth-order valence-corrected chi connectivity index (χ4v) is 5.76. The van der Waals surface area contributed by atoms with Crippen molar-refractivity contribution in [2.75, 3.05) is 32.6 Å². The molecule has 3 aromatic carbocycles. The first-order chi connectivity index (χ1) is 23.0. The molecular formula is C38H35ClN4O4. The summed E-state index contributed by atoms with van der Waals surface area (Å²) in [5.41, 5.74) is 6.95. The average Bonchev–Trinajstić information content (AvgIpc) is 3.10. The topological polar surface area (TPSA) is 85.8 Å². The molecule has 0 atom stereocenters. The number of rotatable bonds is 11. The molecule has 9 heteroatoms. The fraction of sp³-hybridized carbons (Fsp3) is 0.184. The standard InChI is InChI=1S/C38H35ClN4O4/c1-45-35-21-28-17-20-43(25-29(28)22-36(35)46-2)19-16-26-6-10-30(11-7-26)42-37(44)14-8-27-9-15-38(41-24-27)47-31-12-13-32(33(39)23-31)34-5-3-4-18-40-34/h3-15,18,21-24H,16-17,19-20,25H2,1-2H3,(H,42,44)/b14-8+. The number of halogens is 1. The molecule has 0 saturated carbocycles. The molecule has 0 radical (unpaired) electrons. The van der Waals surface area contributed by atoms with E-state index in [2.05, 4.69) is 44.5 Å². The van der Waals surface area contributed by atoms with Gasteiger partial charge in [-0.25, -0.2) is 4.98 Å². The number of carbonyl (C=O) groups excluding carboxylic acids is 1. The van der Waals surface area contributed by atoms with Gasteiger partial charge < -0.3 is 19.5 Å². The third kappa shape index (κ3) is 8.16. The van der Waals surface area contributed by atoms with Crippen LogP contribution in [0.3, 0.4) is 0 Å². The van der Waals surface area contributed by atoms with Crippen LogP contribution < -0.4 is 19.5 Å². The molecule has 1 aliphatic heterocycles. The van der Waals surface area contributed by atoms with Crippen LogP contribution in [0.1, 0.15) is 22.3 Å². The van der Waals surface area contributed by atoms with E-state index in [0.29, 0.717) is 16.7 Å². The Labute approximate surface area is 279 Å². The Morgan fingerprint density at radius 3 is 2.45 bits per heavy atom. The Morgan fingerprint density at radius 2 is 1.74 bits per heavy atom. The van der Waals surface area contributed by atoms with Gasteiger partial charge in [0.1, 0.15) is 5.75 Å². The maximum atomic E-state index is 12.6. The molecule has 1 aliphatic rings. The van der Waals surface area contributed by atoms with Crippen LogP contribution in [-0.2, 0) is 24.2 Å². The Balaban J connectivity index is 0.965. The lowest BCUT2D eigenvalue weighted by Crippen LogP contribution is -2.32. The number of ether oxygens (including phenoxy) is 3. The maximum Gasteiger partial charge on any atom is 0.248 e. The van der Waals surface area contributed by atoms with Crippen LogP contribution in [-0.4, -0.2) is 48.1 Å². The predicted molar refractivity (Wildman–Crippen MR) is 185 cm³/mol. The number of pyridine rings is 2. The second kappa shape index (κ2) is 14.9. The van der Waals surface area contributed by atoms with Crippen molar-refractivity contribution in [3.63, 3.8) is 0 Å². The molecule has 0 aliphatic carbocycles. The number of amides is 1. The SMILES string of the molecule is COc1cc2c(cc1OC)CN(CCc1ccc(NC(=O)/C=C/c3ccc(Oc4ccc(-c5ccccn5)c(Cl)c4)nc3)cc1)CC2. The quantitative estimate of drug-likeness (QED) is 0.146. The monoisotopic (exact) mass is 646 g/mol. The summed E-state index contributed by atoms with van der Waals surface area (Å²) < 4.78 is 16.8. The van der Waals surface area contributed by atoms with Crippen molar-refractivity contribution < 1.29 is 19.0 Å². The van der Waals surface area contributed by atoms with E-state index < -0.39 is 0 Å². The number of carbonyl (C=O) groups is 1. The number of nitrogens with zero attached hydrogens (tertiary/aromatic N) is 3. The summed E-state index contributed by atoms with van der Waals surface area (Å²) in [5, 5.41) is 3.46. The van der Waals surface area contributed by atoms with Gasteiger partial charge in [-0.1, -0.05) is 29.8 Å². The van der Waals surface area contributed by atoms with Crippen molar-refractivity contribution >= 4 is 29.3 Å². The number of hydrogen-bond donors (Lipinski definition) is 1. The molecule has 47 heavy (non-hydrogen) atoms. The van der Waals surface area contributed by atoms with Gasteiger partial charge in [0.15, 0.2) is 11.5 Å². The minimum absolute atomic E-state index is 0.222. The second-order valence-electron chi connectivity index (χ2n) is 11.2. The summed E-state index contributed by atoms with van der Waals surface area (Å²) in [6.07, 6.45) is 8.48. The molecule has 8 nitrogen and oxygen atoms in total. The van der Waals surface area contributed by atoms with Crippen molar-refractivity contribution in [3.05, 3.63) is 131 Å². The number of aromatic nitrogens is 2. The Bertz CT molecular complexity index is 1860. The van der Waals surface area contributed by atoms with E-state index >= 15 is 0 Å². The Kier molecular flexibility index (Phi) is 10.1. The molecule has 2 aromatic heterocycles. The van der Waals surface area contributed by atoms with Gasteiger partial charge in [0.05, 0.1) is 24.9 Å². The predicted octanol–water partition coefficient (Wildman–Crippen LogP) is 7.86. The normalized spacial score (nSPS) is 12.8. The summed E-state index contributed by atoms with van der Waals surface area (Å²) in [5.74, 6) is 2.31. The summed E-state index contributed by atoms with van der Waals surface area (Å²) in [6.45, 7) is 2.84. The fourth-order valence-electron chi connectivity index (χ4n) is 5.49. The highest BCUT2D eigenvalue weighted by molar-refractivity contribution is 6.33. The van der Waals surface area contributed by atoms with Crippen LogP contribution in [0.15, 0.2) is 103 Å². The highest BCUT2D eigenvalue weighted by atomic mass is 35.5. The van der Waals surface area contributed by atoms with Crippen molar-refractivity contribution in [2.24, 2.45) is 0 Å². The summed E-state index contributed by atoms with van der Waals surface area (Å²) in [7, 11) is 3.34. The molecule has 0 bridgehead atoms. The minimum Gasteiger partial charge on any atom is -0.493 e. The average molecular weight is 647 g/mol. The third-order valence-corrected chi connectivity index (χ3v) is 8.34. The van der Waals surface area contributed by atoms with Crippen LogP contribution >= 0.6 is 11.6 Å². The summed E-state index contributed by atoms with van der Waals surface area (Å²) in [4.78, 5) is 23.7. The third-order valence-electron chi connectivity index (χ3n) is 8.03. The zero-order chi connectivity index (χ0) is 32.6. The lowest BCUT2D eigenvalue weighted by molar-refractivity contribution is -0.111. The van der Waals surface area contributed by atoms with Crippen LogP contribution in [0.25, 0.3) is 17.3 Å². The minimum atomic E-state index is -0.222. The Hall–Kier alpha value is -5.18. The van der Waals surface area contributed by atoms with E-state index in [9.17, 15) is 4.79 Å². The Morgan fingerprint density at radius 1 is 0.936 bits per heavy atom. The number of fused-ring (bicyclic) bond motifs is 1. The molecular weight excluding hydrogens is 612 g/mol. The van der Waals surface area contributed by atoms with Crippen LogP contribution in [0.5, 0.6) is 23.1 Å². The van der Waals surface area contributed by atoms with Gasteiger partial charge in [-0.05, 0) is 95.8 Å². The number of anilines is 1. The molecule has 0 unspecified atom stereocenters. The van der Waals surface area contributed by atoms with E-state index in [1.54, 1.807) is 44.8 Å². The number of hydrogen-bond acceptors (Lipinski definition) is 7. The lowest BCUT2D eigenvalue weighted by Gasteiger charge is -2.29. The largest absolute Gasteiger partial charge is 0.493 e. The first-order valence-corrected chi connectivity index (χ1v) is 15.7. The number of benzene rings is 3. The van der Waals surface area contributed by atoms with E-state index in [4.69, 9.17) is 25.8 Å². The summed E-state index contributed by atoms with van der Waals surface area (Å²) >= 11 is 6.47. The first kappa shape index (κ1) is 31.8. The number of methoxy groups -OCH3 is 2. The van der Waals surface area contributed by atoms with Crippen LogP contribution in [0, 0.1) is 0 Å². The van der Waals surface area contributed by atoms with Crippen molar-refractivity contribution in [1.29, 1.82) is 0 Å². The summed E-state index contributed by atoms with van der Waals surface area (Å²) in [6, 6.07) is 26.9. The molecule has 1 amide bonds. The van der Waals surface area contributed by atoms with E-state index in [1.807, 2.05) is 48.5 Å².